The number of carbonyl (C=O) groups is 1. The van der Waals surface area contributed by atoms with Crippen LogP contribution in [0.5, 0.6) is 0 Å². The number of nitrogens with two attached hydrogens (primary N) is 2. The number of carbonyl (C=O) groups excluding carboxylic acids is 1. The fourth-order valence-corrected chi connectivity index (χ4v) is 4.96. The van der Waals surface area contributed by atoms with E-state index in [1.54, 1.807) is 11.0 Å². The van der Waals surface area contributed by atoms with Gasteiger partial charge in [-0.15, -0.1) is 11.3 Å². The maximum Gasteiger partial charge on any atom is 0.419 e. The highest BCUT2D eigenvalue weighted by Gasteiger charge is 2.36. The van der Waals surface area contributed by atoms with E-state index in [4.69, 9.17) is 11.5 Å². The molecule has 1 aromatic carbocycles. The second kappa shape index (κ2) is 8.49. The Balaban J connectivity index is 1.94. The van der Waals surface area contributed by atoms with Crippen molar-refractivity contribution in [1.29, 1.82) is 5.26 Å². The number of nitriles is 1. The third-order valence-corrected chi connectivity index (χ3v) is 6.52. The zero-order valence-electron chi connectivity index (χ0n) is 17.2. The minimum atomic E-state index is -4.66. The van der Waals surface area contributed by atoms with Crippen LogP contribution in [0, 0.1) is 11.3 Å². The van der Waals surface area contributed by atoms with E-state index in [-0.39, 0.29) is 34.4 Å². The van der Waals surface area contributed by atoms with E-state index in [9.17, 15) is 28.0 Å². The van der Waals surface area contributed by atoms with Gasteiger partial charge in [-0.2, -0.15) is 18.4 Å². The molecule has 3 aromatic rings. The first-order valence-electron chi connectivity index (χ1n) is 10.0. The molecule has 1 amide bonds. The molecule has 33 heavy (non-hydrogen) atoms. The maximum atomic E-state index is 13.5. The molecule has 1 aliphatic rings. The highest BCUT2D eigenvalue weighted by molar-refractivity contribution is 7.17. The van der Waals surface area contributed by atoms with Gasteiger partial charge in [0, 0.05) is 24.5 Å². The van der Waals surface area contributed by atoms with E-state index < -0.39 is 28.7 Å². The molecule has 4 N–H and O–H groups in total. The summed E-state index contributed by atoms with van der Waals surface area (Å²) in [6.07, 6.45) is -3.23. The highest BCUT2D eigenvalue weighted by atomic mass is 32.1. The number of primary amides is 1. The largest absolute Gasteiger partial charge is 0.419 e. The summed E-state index contributed by atoms with van der Waals surface area (Å²) in [5.74, 6) is -0.760. The zero-order chi connectivity index (χ0) is 23.9. The molecule has 2 aromatic heterocycles. The maximum absolute atomic E-state index is 13.5. The van der Waals surface area contributed by atoms with Gasteiger partial charge < -0.3 is 16.4 Å². The van der Waals surface area contributed by atoms with Gasteiger partial charge >= 0.3 is 6.18 Å². The third kappa shape index (κ3) is 4.17. The van der Waals surface area contributed by atoms with Crippen molar-refractivity contribution in [2.24, 2.45) is 11.5 Å². The molecule has 4 rings (SSSR count). The standard InChI is InChI=1S/C21H19F3N6O2S/c22-21(23,24)15-10-33-17-16(15)28-20(29-6-2-4-12(26)9-29)30(19(17)32)8-11-3-1-5-13(18(27)31)14(11)7-25/h1,3,5,10,12H,2,4,6,8-9,26H2,(H2,27,31). The number of anilines is 1. The Bertz CT molecular complexity index is 1340. The Morgan fingerprint density at radius 2 is 2.12 bits per heavy atom. The average molecular weight is 476 g/mol. The highest BCUT2D eigenvalue weighted by Crippen LogP contribution is 2.37. The number of alkyl halides is 3. The summed E-state index contributed by atoms with van der Waals surface area (Å²) >= 11 is 0.668. The summed E-state index contributed by atoms with van der Waals surface area (Å²) in [5, 5.41) is 10.5. The topological polar surface area (TPSA) is 131 Å². The Morgan fingerprint density at radius 1 is 1.36 bits per heavy atom. The molecule has 0 saturated carbocycles. The lowest BCUT2D eigenvalue weighted by atomic mass is 10.0. The Kier molecular flexibility index (Phi) is 5.85. The van der Waals surface area contributed by atoms with Gasteiger partial charge in [0.05, 0.1) is 23.2 Å². The quantitative estimate of drug-likeness (QED) is 0.595. The monoisotopic (exact) mass is 476 g/mol. The summed E-state index contributed by atoms with van der Waals surface area (Å²) in [6.45, 7) is 0.603. The Morgan fingerprint density at radius 3 is 2.76 bits per heavy atom. The number of thiophene rings is 1. The van der Waals surface area contributed by atoms with Crippen LogP contribution < -0.4 is 21.9 Å². The lowest BCUT2D eigenvalue weighted by Gasteiger charge is -2.33. The number of halogens is 3. The lowest BCUT2D eigenvalue weighted by molar-refractivity contribution is -0.136. The molecule has 8 nitrogen and oxygen atoms in total. The zero-order valence-corrected chi connectivity index (χ0v) is 18.0. The van der Waals surface area contributed by atoms with Gasteiger partial charge in [0.15, 0.2) is 0 Å². The van der Waals surface area contributed by atoms with Crippen LogP contribution in [0.25, 0.3) is 10.2 Å². The third-order valence-electron chi connectivity index (χ3n) is 5.56. The molecule has 0 aliphatic carbocycles. The van der Waals surface area contributed by atoms with Crippen molar-refractivity contribution < 1.29 is 18.0 Å². The molecule has 1 aliphatic heterocycles. The van der Waals surface area contributed by atoms with Crippen LogP contribution in [0.1, 0.15) is 39.9 Å². The predicted octanol–water partition coefficient (Wildman–Crippen LogP) is 2.42. The molecular formula is C21H19F3N6O2S. The van der Waals surface area contributed by atoms with Crippen molar-refractivity contribution in [3.05, 3.63) is 56.2 Å². The van der Waals surface area contributed by atoms with Gasteiger partial charge in [-0.1, -0.05) is 12.1 Å². The van der Waals surface area contributed by atoms with Crippen molar-refractivity contribution in [3.63, 3.8) is 0 Å². The van der Waals surface area contributed by atoms with Crippen molar-refractivity contribution >= 4 is 33.4 Å². The lowest BCUT2D eigenvalue weighted by Crippen LogP contribution is -2.45. The second-order valence-electron chi connectivity index (χ2n) is 7.79. The first-order valence-corrected chi connectivity index (χ1v) is 10.9. The summed E-state index contributed by atoms with van der Waals surface area (Å²) in [5.41, 5.74) is 9.71. The molecule has 1 unspecified atom stereocenters. The second-order valence-corrected chi connectivity index (χ2v) is 8.67. The molecule has 0 spiro atoms. The molecule has 3 heterocycles. The Labute approximate surface area is 189 Å². The van der Waals surface area contributed by atoms with Crippen LogP contribution in [0.3, 0.4) is 0 Å². The number of piperidine rings is 1. The van der Waals surface area contributed by atoms with Crippen LogP contribution >= 0.6 is 11.3 Å². The summed E-state index contributed by atoms with van der Waals surface area (Å²) in [6, 6.07) is 6.19. The van der Waals surface area contributed by atoms with Gasteiger partial charge in [-0.05, 0) is 24.5 Å². The smallest absolute Gasteiger partial charge is 0.366 e. The van der Waals surface area contributed by atoms with Crippen LogP contribution in [-0.2, 0) is 12.7 Å². The summed E-state index contributed by atoms with van der Waals surface area (Å²) in [7, 11) is 0. The van der Waals surface area contributed by atoms with E-state index >= 15 is 0 Å². The number of nitrogens with zero attached hydrogens (tertiary/aromatic N) is 4. The minimum Gasteiger partial charge on any atom is -0.366 e. The van der Waals surface area contributed by atoms with Gasteiger partial charge in [-0.3, -0.25) is 14.2 Å². The first-order chi connectivity index (χ1) is 15.6. The van der Waals surface area contributed by atoms with Crippen molar-refractivity contribution in [1.82, 2.24) is 9.55 Å². The number of hydrogen-bond donors (Lipinski definition) is 2. The summed E-state index contributed by atoms with van der Waals surface area (Å²) in [4.78, 5) is 31.1. The van der Waals surface area contributed by atoms with Gasteiger partial charge in [0.1, 0.15) is 16.3 Å². The molecule has 172 valence electrons. The molecule has 1 atom stereocenters. The number of rotatable bonds is 4. The molecule has 0 bridgehead atoms. The van der Waals surface area contributed by atoms with Crippen LogP contribution in [0.2, 0.25) is 0 Å². The van der Waals surface area contributed by atoms with Gasteiger partial charge in [0.2, 0.25) is 11.9 Å². The fourth-order valence-electron chi connectivity index (χ4n) is 4.00. The van der Waals surface area contributed by atoms with Gasteiger partial charge in [0.25, 0.3) is 5.56 Å². The minimum absolute atomic E-state index is 0.000419. The average Bonchev–Trinajstić information content (AvgIpc) is 3.20. The normalized spacial score (nSPS) is 16.7. The SMILES string of the molecule is N#Cc1c(Cn2c(N3CCCC(N)C3)nc3c(C(F)(F)F)csc3c2=O)cccc1C(N)=O. The summed E-state index contributed by atoms with van der Waals surface area (Å²) < 4.78 is 41.7. The molecule has 12 heteroatoms. The van der Waals surface area contributed by atoms with Crippen molar-refractivity contribution in [3.8, 4) is 6.07 Å². The molecule has 0 radical (unpaired) electrons. The van der Waals surface area contributed by atoms with E-state index in [0.29, 0.717) is 36.4 Å². The molecular weight excluding hydrogens is 457 g/mol. The van der Waals surface area contributed by atoms with E-state index in [2.05, 4.69) is 4.98 Å². The number of hydrogen-bond acceptors (Lipinski definition) is 7. The first kappa shape index (κ1) is 22.8. The molecule has 1 fully saturated rings. The number of amides is 1. The Hall–Kier alpha value is -3.43. The van der Waals surface area contributed by atoms with Crippen LogP contribution in [0.4, 0.5) is 19.1 Å². The number of benzene rings is 1. The molecule has 1 saturated heterocycles. The van der Waals surface area contributed by atoms with E-state index in [1.807, 2.05) is 6.07 Å². The fraction of sp³-hybridized carbons (Fsp3) is 0.333. The number of fused-ring (bicyclic) bond motifs is 1. The van der Waals surface area contributed by atoms with Crippen molar-refractivity contribution in [2.45, 2.75) is 31.6 Å². The van der Waals surface area contributed by atoms with E-state index in [1.165, 1.54) is 16.7 Å². The van der Waals surface area contributed by atoms with Crippen LogP contribution in [0.15, 0.2) is 28.4 Å². The van der Waals surface area contributed by atoms with Gasteiger partial charge in [-0.25, -0.2) is 4.98 Å². The van der Waals surface area contributed by atoms with Crippen LogP contribution in [-0.4, -0.2) is 34.6 Å². The number of aromatic nitrogens is 2. The van der Waals surface area contributed by atoms with E-state index in [0.717, 1.165) is 11.8 Å². The predicted molar refractivity (Wildman–Crippen MR) is 117 cm³/mol. The van der Waals surface area contributed by atoms with Crippen molar-refractivity contribution in [2.75, 3.05) is 18.0 Å².